The lowest BCUT2D eigenvalue weighted by molar-refractivity contribution is -0.274. The Morgan fingerprint density at radius 3 is 2.65 bits per heavy atom. The van der Waals surface area contributed by atoms with E-state index < -0.39 is 6.36 Å². The summed E-state index contributed by atoms with van der Waals surface area (Å²) in [5.41, 5.74) is 0.351. The fourth-order valence-electron chi connectivity index (χ4n) is 2.09. The molecule has 0 amide bonds. The van der Waals surface area contributed by atoms with Crippen LogP contribution in [0.4, 0.5) is 13.2 Å². The molecule has 144 valence electrons. The third kappa shape index (κ3) is 7.93. The maximum absolute atomic E-state index is 12.5. The normalized spacial score (nSPS) is 11.6. The molecule has 1 aromatic heterocycles. The fraction of sp³-hybridized carbons (Fsp3) is 0.375. The van der Waals surface area contributed by atoms with Crippen LogP contribution in [0, 0.1) is 0 Å². The van der Waals surface area contributed by atoms with E-state index in [0.29, 0.717) is 31.2 Å². The highest BCUT2D eigenvalue weighted by Gasteiger charge is 2.31. The third-order valence-electron chi connectivity index (χ3n) is 3.14. The molecule has 0 bridgehead atoms. The van der Waals surface area contributed by atoms with Crippen LogP contribution in [0.2, 0.25) is 0 Å². The van der Waals surface area contributed by atoms with Gasteiger partial charge in [0.15, 0.2) is 5.96 Å². The minimum absolute atomic E-state index is 0. The van der Waals surface area contributed by atoms with Crippen molar-refractivity contribution in [3.8, 4) is 5.75 Å². The molecule has 26 heavy (non-hydrogen) atoms. The largest absolute Gasteiger partial charge is 0.573 e. The minimum atomic E-state index is -4.73. The van der Waals surface area contributed by atoms with Gasteiger partial charge in [-0.2, -0.15) is 5.10 Å². The van der Waals surface area contributed by atoms with Gasteiger partial charge in [-0.25, -0.2) is 4.99 Å². The Bertz CT molecular complexity index is 677. The maximum Gasteiger partial charge on any atom is 0.573 e. The summed E-state index contributed by atoms with van der Waals surface area (Å²) >= 11 is 0. The smallest absolute Gasteiger partial charge is 0.405 e. The van der Waals surface area contributed by atoms with Crippen LogP contribution in [-0.4, -0.2) is 35.2 Å². The molecule has 0 aliphatic carbocycles. The monoisotopic (exact) mass is 483 g/mol. The average Bonchev–Trinajstić information content (AvgIpc) is 3.06. The quantitative estimate of drug-likeness (QED) is 0.361. The van der Waals surface area contributed by atoms with E-state index in [1.807, 2.05) is 19.2 Å². The first-order valence-electron chi connectivity index (χ1n) is 7.81. The second-order valence-electron chi connectivity index (χ2n) is 5.05. The summed E-state index contributed by atoms with van der Waals surface area (Å²) in [6.07, 6.45) is -1.19. The molecule has 0 saturated heterocycles. The SMILES string of the molecule is CCNC(=NCc1ccccc1OC(F)(F)F)NCCn1cccn1.I. The molecular formula is C16H21F3IN5O. The van der Waals surface area contributed by atoms with Crippen LogP contribution in [0.15, 0.2) is 47.7 Å². The predicted molar refractivity (Wildman–Crippen MR) is 104 cm³/mol. The van der Waals surface area contributed by atoms with E-state index in [1.54, 1.807) is 23.0 Å². The Labute approximate surface area is 166 Å². The van der Waals surface area contributed by atoms with Gasteiger partial charge in [-0.1, -0.05) is 18.2 Å². The number of benzene rings is 1. The van der Waals surface area contributed by atoms with Gasteiger partial charge in [0.1, 0.15) is 5.75 Å². The highest BCUT2D eigenvalue weighted by Crippen LogP contribution is 2.26. The van der Waals surface area contributed by atoms with Gasteiger partial charge in [-0.3, -0.25) is 4.68 Å². The topological polar surface area (TPSA) is 63.5 Å². The zero-order chi connectivity index (χ0) is 18.1. The van der Waals surface area contributed by atoms with Crippen molar-refractivity contribution in [3.63, 3.8) is 0 Å². The number of rotatable bonds is 7. The second kappa shape index (κ2) is 10.9. The van der Waals surface area contributed by atoms with Crippen molar-refractivity contribution in [1.29, 1.82) is 0 Å². The number of hydrogen-bond acceptors (Lipinski definition) is 3. The molecule has 6 nitrogen and oxygen atoms in total. The molecule has 0 saturated carbocycles. The van der Waals surface area contributed by atoms with E-state index in [1.165, 1.54) is 12.1 Å². The fourth-order valence-corrected chi connectivity index (χ4v) is 2.09. The van der Waals surface area contributed by atoms with Crippen molar-refractivity contribution < 1.29 is 17.9 Å². The van der Waals surface area contributed by atoms with E-state index in [2.05, 4.69) is 25.5 Å². The summed E-state index contributed by atoms with van der Waals surface area (Å²) in [4.78, 5) is 4.31. The minimum Gasteiger partial charge on any atom is -0.405 e. The van der Waals surface area contributed by atoms with E-state index in [4.69, 9.17) is 0 Å². The molecule has 0 unspecified atom stereocenters. The van der Waals surface area contributed by atoms with E-state index >= 15 is 0 Å². The van der Waals surface area contributed by atoms with Crippen molar-refractivity contribution in [2.75, 3.05) is 13.1 Å². The number of aromatic nitrogens is 2. The highest BCUT2D eigenvalue weighted by atomic mass is 127. The Kier molecular flexibility index (Phi) is 9.24. The van der Waals surface area contributed by atoms with Crippen LogP contribution in [0.25, 0.3) is 0 Å². The number of guanidine groups is 1. The van der Waals surface area contributed by atoms with Crippen LogP contribution in [0.3, 0.4) is 0 Å². The number of halogens is 4. The van der Waals surface area contributed by atoms with Crippen molar-refractivity contribution in [2.24, 2.45) is 4.99 Å². The summed E-state index contributed by atoms with van der Waals surface area (Å²) in [6, 6.07) is 7.79. The lowest BCUT2D eigenvalue weighted by Gasteiger charge is -2.14. The standard InChI is InChI=1S/C16H20F3N5O.HI/c1-2-20-15(21-9-11-24-10-5-8-23-24)22-12-13-6-3-4-7-14(13)25-16(17,18)19;/h3-8,10H,2,9,11-12H2,1H3,(H2,20,21,22);1H. The molecule has 1 aromatic carbocycles. The summed E-state index contributed by atoms with van der Waals surface area (Å²) in [5, 5.41) is 10.3. The van der Waals surface area contributed by atoms with Crippen LogP contribution in [0.1, 0.15) is 12.5 Å². The molecule has 2 aromatic rings. The predicted octanol–water partition coefficient (Wildman–Crippen LogP) is 3.16. The van der Waals surface area contributed by atoms with Gasteiger partial charge in [0, 0.05) is 31.0 Å². The Hall–Kier alpha value is -1.98. The molecule has 10 heteroatoms. The Balaban J connectivity index is 0.00000338. The summed E-state index contributed by atoms with van der Waals surface area (Å²) in [7, 11) is 0. The lowest BCUT2D eigenvalue weighted by atomic mass is 10.2. The average molecular weight is 483 g/mol. The molecule has 0 atom stereocenters. The van der Waals surface area contributed by atoms with Crippen LogP contribution < -0.4 is 15.4 Å². The number of nitrogens with zero attached hydrogens (tertiary/aromatic N) is 3. The molecule has 0 fully saturated rings. The van der Waals surface area contributed by atoms with Gasteiger partial charge in [-0.05, 0) is 19.1 Å². The molecule has 2 N–H and O–H groups in total. The number of hydrogen-bond donors (Lipinski definition) is 2. The zero-order valence-corrected chi connectivity index (χ0v) is 16.5. The number of aliphatic imine (C=N–C) groups is 1. The first-order chi connectivity index (χ1) is 12.0. The molecule has 1 heterocycles. The van der Waals surface area contributed by atoms with E-state index in [0.717, 1.165) is 0 Å². The van der Waals surface area contributed by atoms with Crippen LogP contribution >= 0.6 is 24.0 Å². The Morgan fingerprint density at radius 1 is 1.23 bits per heavy atom. The van der Waals surface area contributed by atoms with Crippen molar-refractivity contribution in [3.05, 3.63) is 48.3 Å². The third-order valence-corrected chi connectivity index (χ3v) is 3.14. The first kappa shape index (κ1) is 22.1. The molecule has 2 rings (SSSR count). The molecular weight excluding hydrogens is 462 g/mol. The number of ether oxygens (including phenoxy) is 1. The maximum atomic E-state index is 12.5. The summed E-state index contributed by atoms with van der Waals surface area (Å²) in [6.45, 7) is 3.82. The zero-order valence-electron chi connectivity index (χ0n) is 14.2. The van der Waals surface area contributed by atoms with Gasteiger partial charge in [0.25, 0.3) is 0 Å². The Morgan fingerprint density at radius 2 is 2.00 bits per heavy atom. The van der Waals surface area contributed by atoms with Crippen molar-refractivity contribution in [2.45, 2.75) is 26.4 Å². The summed E-state index contributed by atoms with van der Waals surface area (Å²) in [5.74, 6) is 0.266. The second-order valence-corrected chi connectivity index (χ2v) is 5.05. The van der Waals surface area contributed by atoms with Gasteiger partial charge in [-0.15, -0.1) is 37.1 Å². The molecule has 0 radical (unpaired) electrons. The molecule has 0 spiro atoms. The van der Waals surface area contributed by atoms with Gasteiger partial charge >= 0.3 is 6.36 Å². The van der Waals surface area contributed by atoms with Gasteiger partial charge in [0.05, 0.1) is 13.1 Å². The first-order valence-corrected chi connectivity index (χ1v) is 7.81. The van der Waals surface area contributed by atoms with Gasteiger partial charge < -0.3 is 15.4 Å². The number of alkyl halides is 3. The molecule has 0 aliphatic rings. The van der Waals surface area contributed by atoms with E-state index in [-0.39, 0.29) is 36.3 Å². The van der Waals surface area contributed by atoms with E-state index in [9.17, 15) is 13.2 Å². The number of para-hydroxylation sites is 1. The molecule has 0 aliphatic heterocycles. The van der Waals surface area contributed by atoms with Crippen LogP contribution in [-0.2, 0) is 13.1 Å². The number of nitrogens with one attached hydrogen (secondary N) is 2. The summed E-state index contributed by atoms with van der Waals surface area (Å²) < 4.78 is 43.2. The van der Waals surface area contributed by atoms with Crippen molar-refractivity contribution >= 4 is 29.9 Å². The lowest BCUT2D eigenvalue weighted by Crippen LogP contribution is -2.38. The van der Waals surface area contributed by atoms with Crippen LogP contribution in [0.5, 0.6) is 5.75 Å². The highest BCUT2D eigenvalue weighted by molar-refractivity contribution is 14.0. The van der Waals surface area contributed by atoms with Crippen molar-refractivity contribution in [1.82, 2.24) is 20.4 Å². The van der Waals surface area contributed by atoms with Gasteiger partial charge in [0.2, 0.25) is 0 Å².